The van der Waals surface area contributed by atoms with Crippen molar-refractivity contribution in [2.45, 2.75) is 65.0 Å². The second-order valence-corrected chi connectivity index (χ2v) is 10.2. The Morgan fingerprint density at radius 2 is 2.04 bits per heavy atom. The average Bonchev–Trinajstić information content (AvgIpc) is 2.70. The summed E-state index contributed by atoms with van der Waals surface area (Å²) in [7, 11) is -3.07. The molecule has 2 aliphatic rings. The molecule has 0 amide bonds. The number of hydrogen-bond donors (Lipinski definition) is 2. The maximum absolute atomic E-state index is 11.5. The molecule has 132 valence electrons. The third kappa shape index (κ3) is 4.91. The number of sulfone groups is 1. The monoisotopic (exact) mass is 341 g/mol. The lowest BCUT2D eigenvalue weighted by atomic mass is 9.72. The molecule has 5 heteroatoms. The van der Waals surface area contributed by atoms with Crippen LogP contribution >= 0.6 is 0 Å². The number of nitrogens with one attached hydrogen (secondary N) is 1. The smallest absolute Gasteiger partial charge is 0.153 e. The van der Waals surface area contributed by atoms with Gasteiger partial charge in [0.1, 0.15) is 0 Å². The SMILES string of the molecule is CC1=C(/C=C/C(C)NCC2(O)CCS(=O)(=O)C2)C(C)(C)CCC1. The fourth-order valence-corrected chi connectivity index (χ4v) is 5.61. The van der Waals surface area contributed by atoms with Gasteiger partial charge in [-0.3, -0.25) is 0 Å². The second-order valence-electron chi connectivity index (χ2n) is 8.03. The van der Waals surface area contributed by atoms with Crippen molar-refractivity contribution in [2.24, 2.45) is 5.41 Å². The first kappa shape index (κ1) is 18.7. The van der Waals surface area contributed by atoms with E-state index in [-0.39, 0.29) is 23.0 Å². The third-order valence-electron chi connectivity index (χ3n) is 5.21. The van der Waals surface area contributed by atoms with Crippen LogP contribution in [0.25, 0.3) is 0 Å². The zero-order valence-corrected chi connectivity index (χ0v) is 15.7. The van der Waals surface area contributed by atoms with Crippen LogP contribution in [0.5, 0.6) is 0 Å². The Kier molecular flexibility index (Phi) is 5.44. The van der Waals surface area contributed by atoms with Crippen LogP contribution in [0.4, 0.5) is 0 Å². The highest BCUT2D eigenvalue weighted by molar-refractivity contribution is 7.91. The number of rotatable bonds is 5. The molecular weight excluding hydrogens is 310 g/mol. The molecule has 2 rings (SSSR count). The van der Waals surface area contributed by atoms with Gasteiger partial charge in [0.05, 0.1) is 17.1 Å². The Labute approximate surface area is 141 Å². The summed E-state index contributed by atoms with van der Waals surface area (Å²) in [4.78, 5) is 0. The standard InChI is InChI=1S/C18H31NO3S/c1-14-6-5-9-17(3,4)16(14)8-7-15(2)19-12-18(20)10-11-23(21,22)13-18/h7-8,15,19-20H,5-6,9-13H2,1-4H3/b8-7+. The van der Waals surface area contributed by atoms with Crippen LogP contribution in [-0.4, -0.2) is 43.2 Å². The zero-order valence-electron chi connectivity index (χ0n) is 14.9. The van der Waals surface area contributed by atoms with Gasteiger partial charge in [0.2, 0.25) is 0 Å². The zero-order chi connectivity index (χ0) is 17.3. The summed E-state index contributed by atoms with van der Waals surface area (Å²) >= 11 is 0. The molecule has 0 aromatic heterocycles. The van der Waals surface area contributed by atoms with E-state index in [2.05, 4.69) is 38.2 Å². The summed E-state index contributed by atoms with van der Waals surface area (Å²) in [5.74, 6) is -0.0314. The molecule has 2 atom stereocenters. The Balaban J connectivity index is 1.93. The topological polar surface area (TPSA) is 66.4 Å². The van der Waals surface area contributed by atoms with Crippen molar-refractivity contribution in [2.75, 3.05) is 18.1 Å². The Bertz CT molecular complexity index is 604. The van der Waals surface area contributed by atoms with Crippen LogP contribution in [0.1, 0.15) is 53.4 Å². The van der Waals surface area contributed by atoms with Crippen molar-refractivity contribution in [3.8, 4) is 0 Å². The summed E-state index contributed by atoms with van der Waals surface area (Å²) in [5, 5.41) is 13.6. The highest BCUT2D eigenvalue weighted by Crippen LogP contribution is 2.40. The van der Waals surface area contributed by atoms with E-state index in [1.165, 1.54) is 30.4 Å². The van der Waals surface area contributed by atoms with Crippen LogP contribution in [-0.2, 0) is 9.84 Å². The normalized spacial score (nSPS) is 31.7. The lowest BCUT2D eigenvalue weighted by Crippen LogP contribution is -2.44. The maximum Gasteiger partial charge on any atom is 0.153 e. The van der Waals surface area contributed by atoms with Crippen molar-refractivity contribution in [3.63, 3.8) is 0 Å². The molecule has 1 aliphatic carbocycles. The van der Waals surface area contributed by atoms with Crippen LogP contribution in [0.2, 0.25) is 0 Å². The first-order chi connectivity index (χ1) is 10.5. The maximum atomic E-state index is 11.5. The van der Waals surface area contributed by atoms with Crippen LogP contribution in [0.3, 0.4) is 0 Å². The minimum Gasteiger partial charge on any atom is -0.387 e. The van der Waals surface area contributed by atoms with Gasteiger partial charge in [0, 0.05) is 12.6 Å². The summed E-state index contributed by atoms with van der Waals surface area (Å²) in [6.07, 6.45) is 8.30. The Hall–Kier alpha value is -0.650. The summed E-state index contributed by atoms with van der Waals surface area (Å²) < 4.78 is 23.0. The van der Waals surface area contributed by atoms with Gasteiger partial charge in [-0.05, 0) is 50.5 Å². The highest BCUT2D eigenvalue weighted by atomic mass is 32.2. The minimum absolute atomic E-state index is 0.0929. The van der Waals surface area contributed by atoms with Crippen molar-refractivity contribution in [3.05, 3.63) is 23.3 Å². The molecule has 1 fully saturated rings. The van der Waals surface area contributed by atoms with Gasteiger partial charge in [-0.15, -0.1) is 0 Å². The highest BCUT2D eigenvalue weighted by Gasteiger charge is 2.40. The lowest BCUT2D eigenvalue weighted by Gasteiger charge is -2.33. The molecule has 0 aromatic rings. The predicted octanol–water partition coefficient (Wildman–Crippen LogP) is 2.60. The first-order valence-corrected chi connectivity index (χ1v) is 10.4. The predicted molar refractivity (Wildman–Crippen MR) is 95.2 cm³/mol. The molecule has 0 saturated carbocycles. The van der Waals surface area contributed by atoms with Gasteiger partial charge in [-0.25, -0.2) is 8.42 Å². The quantitative estimate of drug-likeness (QED) is 0.807. The Morgan fingerprint density at radius 3 is 2.61 bits per heavy atom. The first-order valence-electron chi connectivity index (χ1n) is 8.58. The van der Waals surface area contributed by atoms with Gasteiger partial charge in [0.15, 0.2) is 9.84 Å². The molecule has 0 aromatic carbocycles. The largest absolute Gasteiger partial charge is 0.387 e. The number of aliphatic hydroxyl groups is 1. The van der Waals surface area contributed by atoms with E-state index in [9.17, 15) is 13.5 Å². The van der Waals surface area contributed by atoms with Crippen molar-refractivity contribution >= 4 is 9.84 Å². The molecule has 2 unspecified atom stereocenters. The van der Waals surface area contributed by atoms with E-state index in [0.717, 1.165) is 0 Å². The summed E-state index contributed by atoms with van der Waals surface area (Å²) in [6, 6.07) is 0.0976. The van der Waals surface area contributed by atoms with Crippen LogP contribution < -0.4 is 5.32 Å². The molecule has 0 bridgehead atoms. The van der Waals surface area contributed by atoms with E-state index >= 15 is 0 Å². The van der Waals surface area contributed by atoms with Gasteiger partial charge in [-0.1, -0.05) is 31.6 Å². The van der Waals surface area contributed by atoms with Crippen molar-refractivity contribution in [1.29, 1.82) is 0 Å². The minimum atomic E-state index is -3.07. The molecule has 1 heterocycles. The van der Waals surface area contributed by atoms with E-state index < -0.39 is 15.4 Å². The van der Waals surface area contributed by atoms with Gasteiger partial charge < -0.3 is 10.4 Å². The van der Waals surface area contributed by atoms with E-state index in [1.807, 2.05) is 6.92 Å². The number of allylic oxidation sites excluding steroid dienone is 3. The lowest BCUT2D eigenvalue weighted by molar-refractivity contribution is 0.0661. The molecular formula is C18H31NO3S. The van der Waals surface area contributed by atoms with Crippen molar-refractivity contribution < 1.29 is 13.5 Å². The van der Waals surface area contributed by atoms with Crippen LogP contribution in [0, 0.1) is 5.41 Å². The fraction of sp³-hybridized carbons (Fsp3) is 0.778. The van der Waals surface area contributed by atoms with Gasteiger partial charge >= 0.3 is 0 Å². The molecule has 0 radical (unpaired) electrons. The summed E-state index contributed by atoms with van der Waals surface area (Å²) in [6.45, 7) is 9.15. The second kappa shape index (κ2) is 6.69. The van der Waals surface area contributed by atoms with E-state index in [1.54, 1.807) is 0 Å². The van der Waals surface area contributed by atoms with Gasteiger partial charge in [0.25, 0.3) is 0 Å². The average molecular weight is 342 g/mol. The van der Waals surface area contributed by atoms with E-state index in [0.29, 0.717) is 13.0 Å². The molecule has 23 heavy (non-hydrogen) atoms. The molecule has 1 saturated heterocycles. The van der Waals surface area contributed by atoms with E-state index in [4.69, 9.17) is 0 Å². The Morgan fingerprint density at radius 1 is 1.35 bits per heavy atom. The van der Waals surface area contributed by atoms with Crippen molar-refractivity contribution in [1.82, 2.24) is 5.32 Å². The summed E-state index contributed by atoms with van der Waals surface area (Å²) in [5.41, 5.74) is 1.99. The number of hydrogen-bond acceptors (Lipinski definition) is 4. The molecule has 0 spiro atoms. The van der Waals surface area contributed by atoms with Gasteiger partial charge in [-0.2, -0.15) is 0 Å². The third-order valence-corrected chi connectivity index (χ3v) is 7.02. The fourth-order valence-electron chi connectivity index (χ4n) is 3.71. The molecule has 4 nitrogen and oxygen atoms in total. The molecule has 2 N–H and O–H groups in total. The molecule has 1 aliphatic heterocycles. The van der Waals surface area contributed by atoms with Crippen LogP contribution in [0.15, 0.2) is 23.3 Å².